The first-order valence-corrected chi connectivity index (χ1v) is 10.3. The summed E-state index contributed by atoms with van der Waals surface area (Å²) in [5, 5.41) is 0. The quantitative estimate of drug-likeness (QED) is 0.412. The largest absolute Gasteiger partial charge is 0.493 e. The molecule has 0 aromatic heterocycles. The summed E-state index contributed by atoms with van der Waals surface area (Å²) in [4.78, 5) is 14.7. The van der Waals surface area contributed by atoms with Crippen molar-refractivity contribution in [3.63, 3.8) is 0 Å². The summed E-state index contributed by atoms with van der Waals surface area (Å²) >= 11 is 0. The average molecular weight is 426 g/mol. The van der Waals surface area contributed by atoms with Crippen LogP contribution in [0.3, 0.4) is 0 Å². The lowest BCUT2D eigenvalue weighted by Crippen LogP contribution is -2.35. The maximum Gasteiger partial charge on any atom is 0.246 e. The summed E-state index contributed by atoms with van der Waals surface area (Å²) in [5.41, 5.74) is 1.27. The summed E-state index contributed by atoms with van der Waals surface area (Å²) in [6.07, 6.45) is 6.48. The van der Waals surface area contributed by atoms with Crippen LogP contribution in [0.4, 0.5) is 4.39 Å². The molecule has 1 fully saturated rings. The minimum Gasteiger partial charge on any atom is -0.493 e. The molecule has 0 spiro atoms. The molecule has 6 heteroatoms. The van der Waals surface area contributed by atoms with Crippen LogP contribution in [0, 0.1) is 5.82 Å². The van der Waals surface area contributed by atoms with E-state index in [4.69, 9.17) is 14.2 Å². The first-order chi connectivity index (χ1) is 15.1. The molecule has 1 heterocycles. The highest BCUT2D eigenvalue weighted by Crippen LogP contribution is 2.29. The number of nitrogens with zero attached hydrogens (tertiary/aromatic N) is 1. The fourth-order valence-electron chi connectivity index (χ4n) is 3.44. The predicted octanol–water partition coefficient (Wildman–Crippen LogP) is 4.62. The maximum absolute atomic E-state index is 13.9. The Hall–Kier alpha value is -3.12. The van der Waals surface area contributed by atoms with E-state index in [2.05, 4.69) is 6.58 Å². The number of ether oxygens (including phenoxy) is 3. The minimum atomic E-state index is -0.364. The second-order valence-electron chi connectivity index (χ2n) is 7.29. The summed E-state index contributed by atoms with van der Waals surface area (Å²) < 4.78 is 30.7. The molecule has 5 nitrogen and oxygen atoms in total. The second-order valence-corrected chi connectivity index (χ2v) is 7.29. The molecule has 2 aromatic rings. The van der Waals surface area contributed by atoms with Crippen molar-refractivity contribution < 1.29 is 23.4 Å². The molecule has 1 atom stereocenters. The van der Waals surface area contributed by atoms with Gasteiger partial charge in [-0.15, -0.1) is 0 Å². The number of hydrogen-bond acceptors (Lipinski definition) is 4. The lowest BCUT2D eigenvalue weighted by atomic mass is 10.1. The SMILES string of the molecule is C=CCOc1ccc(CN(C[C@@H]2CCCO2)C(=O)/C=C\c2ccccc2F)cc1OC. The van der Waals surface area contributed by atoms with E-state index in [9.17, 15) is 9.18 Å². The Morgan fingerprint density at radius 1 is 1.29 bits per heavy atom. The van der Waals surface area contributed by atoms with E-state index < -0.39 is 0 Å². The van der Waals surface area contributed by atoms with Crippen molar-refractivity contribution in [3.05, 3.63) is 78.1 Å². The molecule has 2 aromatic carbocycles. The number of carbonyl (C=O) groups is 1. The van der Waals surface area contributed by atoms with Crippen molar-refractivity contribution in [2.45, 2.75) is 25.5 Å². The topological polar surface area (TPSA) is 48.0 Å². The Morgan fingerprint density at radius 2 is 2.13 bits per heavy atom. The Labute approximate surface area is 182 Å². The van der Waals surface area contributed by atoms with Gasteiger partial charge in [-0.25, -0.2) is 4.39 Å². The summed E-state index contributed by atoms with van der Waals surface area (Å²) in [6.45, 7) is 5.58. The van der Waals surface area contributed by atoms with Crippen LogP contribution < -0.4 is 9.47 Å². The van der Waals surface area contributed by atoms with Crippen molar-refractivity contribution >= 4 is 12.0 Å². The monoisotopic (exact) mass is 425 g/mol. The van der Waals surface area contributed by atoms with Crippen molar-refractivity contribution in [2.75, 3.05) is 26.9 Å². The summed E-state index contributed by atoms with van der Waals surface area (Å²) in [7, 11) is 1.58. The van der Waals surface area contributed by atoms with Gasteiger partial charge < -0.3 is 19.1 Å². The van der Waals surface area contributed by atoms with Gasteiger partial charge in [-0.1, -0.05) is 36.9 Å². The number of amides is 1. The molecule has 0 radical (unpaired) electrons. The zero-order valence-corrected chi connectivity index (χ0v) is 17.8. The van der Waals surface area contributed by atoms with Crippen LogP contribution in [0.25, 0.3) is 6.08 Å². The van der Waals surface area contributed by atoms with E-state index in [0.29, 0.717) is 43.4 Å². The van der Waals surface area contributed by atoms with Crippen LogP contribution in [0.1, 0.15) is 24.0 Å². The molecule has 1 amide bonds. The first kappa shape index (κ1) is 22.6. The summed E-state index contributed by atoms with van der Waals surface area (Å²) in [5.74, 6) is 0.634. The smallest absolute Gasteiger partial charge is 0.246 e. The molecule has 0 unspecified atom stereocenters. The Balaban J connectivity index is 1.77. The van der Waals surface area contributed by atoms with E-state index in [-0.39, 0.29) is 17.8 Å². The molecule has 1 aliphatic rings. The van der Waals surface area contributed by atoms with Gasteiger partial charge in [-0.3, -0.25) is 4.79 Å². The lowest BCUT2D eigenvalue weighted by Gasteiger charge is -2.25. The zero-order chi connectivity index (χ0) is 22.1. The van der Waals surface area contributed by atoms with Crippen LogP contribution in [0.5, 0.6) is 11.5 Å². The van der Waals surface area contributed by atoms with Crippen LogP contribution in [-0.2, 0) is 16.1 Å². The molecule has 3 rings (SSSR count). The maximum atomic E-state index is 13.9. The molecule has 0 aliphatic carbocycles. The second kappa shape index (κ2) is 11.3. The molecule has 1 aliphatic heterocycles. The fraction of sp³-hybridized carbons (Fsp3) is 0.320. The minimum absolute atomic E-state index is 0.00269. The molecule has 0 saturated carbocycles. The Morgan fingerprint density at radius 3 is 2.84 bits per heavy atom. The Bertz CT molecular complexity index is 921. The van der Waals surface area contributed by atoms with Gasteiger partial charge in [0.1, 0.15) is 12.4 Å². The number of hydrogen-bond donors (Lipinski definition) is 0. The van der Waals surface area contributed by atoms with Gasteiger partial charge in [-0.05, 0) is 42.7 Å². The normalized spacial score (nSPS) is 15.7. The van der Waals surface area contributed by atoms with Gasteiger partial charge in [0.25, 0.3) is 0 Å². The molecular weight excluding hydrogens is 397 g/mol. The number of rotatable bonds is 10. The van der Waals surface area contributed by atoms with Crippen molar-refractivity contribution in [1.82, 2.24) is 4.90 Å². The van der Waals surface area contributed by atoms with E-state index in [0.717, 1.165) is 18.4 Å². The van der Waals surface area contributed by atoms with Gasteiger partial charge in [0.15, 0.2) is 11.5 Å². The fourth-order valence-corrected chi connectivity index (χ4v) is 3.44. The lowest BCUT2D eigenvalue weighted by molar-refractivity contribution is -0.128. The van der Waals surface area contributed by atoms with E-state index >= 15 is 0 Å². The van der Waals surface area contributed by atoms with Gasteiger partial charge in [0.2, 0.25) is 5.91 Å². The molecule has 0 bridgehead atoms. The summed E-state index contributed by atoms with van der Waals surface area (Å²) in [6, 6.07) is 11.9. The third-order valence-electron chi connectivity index (χ3n) is 5.03. The van der Waals surface area contributed by atoms with Crippen molar-refractivity contribution in [1.29, 1.82) is 0 Å². The molecule has 164 valence electrons. The van der Waals surface area contributed by atoms with Crippen LogP contribution in [0.2, 0.25) is 0 Å². The van der Waals surface area contributed by atoms with E-state index in [1.807, 2.05) is 18.2 Å². The third kappa shape index (κ3) is 6.43. The van der Waals surface area contributed by atoms with Gasteiger partial charge in [-0.2, -0.15) is 0 Å². The highest BCUT2D eigenvalue weighted by molar-refractivity contribution is 5.91. The van der Waals surface area contributed by atoms with Gasteiger partial charge in [0.05, 0.1) is 13.2 Å². The number of methoxy groups -OCH3 is 1. The zero-order valence-electron chi connectivity index (χ0n) is 17.8. The van der Waals surface area contributed by atoms with Crippen molar-refractivity contribution in [2.24, 2.45) is 0 Å². The highest BCUT2D eigenvalue weighted by Gasteiger charge is 2.22. The van der Waals surface area contributed by atoms with Gasteiger partial charge in [0, 0.05) is 31.3 Å². The average Bonchev–Trinajstić information content (AvgIpc) is 3.30. The van der Waals surface area contributed by atoms with E-state index in [1.165, 1.54) is 18.2 Å². The molecular formula is C25H28FNO4. The molecule has 1 saturated heterocycles. The van der Waals surface area contributed by atoms with Crippen LogP contribution in [0.15, 0.2) is 61.2 Å². The number of benzene rings is 2. The molecule has 31 heavy (non-hydrogen) atoms. The molecule has 0 N–H and O–H groups in total. The Kier molecular flexibility index (Phi) is 8.24. The number of carbonyl (C=O) groups excluding carboxylic acids is 1. The number of halogens is 1. The predicted molar refractivity (Wildman–Crippen MR) is 119 cm³/mol. The third-order valence-corrected chi connectivity index (χ3v) is 5.03. The first-order valence-electron chi connectivity index (χ1n) is 10.3. The van der Waals surface area contributed by atoms with Crippen LogP contribution in [-0.4, -0.2) is 43.8 Å². The highest BCUT2D eigenvalue weighted by atomic mass is 19.1. The van der Waals surface area contributed by atoms with Crippen LogP contribution >= 0.6 is 0 Å². The van der Waals surface area contributed by atoms with Crippen molar-refractivity contribution in [3.8, 4) is 11.5 Å². The standard InChI is InChI=1S/C25H28FNO4/c1-3-14-31-23-12-10-19(16-24(23)29-2)17-27(18-21-8-6-15-30-21)25(28)13-11-20-7-4-5-9-22(20)26/h3-5,7,9-13,16,21H,1,6,8,14-15,17-18H2,2H3/b13-11-/t21-/m0/s1. The van der Waals surface area contributed by atoms with Gasteiger partial charge >= 0.3 is 0 Å². The van der Waals surface area contributed by atoms with E-state index in [1.54, 1.807) is 36.3 Å².